The molecule has 1 aromatic heterocycles. The van der Waals surface area contributed by atoms with Gasteiger partial charge in [0.15, 0.2) is 0 Å². The topological polar surface area (TPSA) is 150 Å². The summed E-state index contributed by atoms with van der Waals surface area (Å²) in [5.41, 5.74) is 5.98. The number of primary amides is 1. The van der Waals surface area contributed by atoms with Crippen LogP contribution < -0.4 is 26.8 Å². The molecular weight excluding hydrogens is 400 g/mol. The molecule has 10 nitrogen and oxygen atoms in total. The van der Waals surface area contributed by atoms with E-state index >= 15 is 0 Å². The zero-order valence-electron chi connectivity index (χ0n) is 16.9. The summed E-state index contributed by atoms with van der Waals surface area (Å²) in [6.07, 6.45) is 1.00. The van der Waals surface area contributed by atoms with Gasteiger partial charge in [0, 0.05) is 32.0 Å². The van der Waals surface area contributed by atoms with Crippen LogP contribution in [0.5, 0.6) is 0 Å². The first-order valence-corrected chi connectivity index (χ1v) is 10.2. The molecule has 3 heterocycles. The van der Waals surface area contributed by atoms with Gasteiger partial charge >= 0.3 is 0 Å². The van der Waals surface area contributed by atoms with Gasteiger partial charge in [0.25, 0.3) is 5.56 Å². The molecule has 3 amide bonds. The van der Waals surface area contributed by atoms with Gasteiger partial charge in [-0.1, -0.05) is 30.3 Å². The van der Waals surface area contributed by atoms with Crippen LogP contribution in [0.3, 0.4) is 0 Å². The van der Waals surface area contributed by atoms with Gasteiger partial charge in [0.05, 0.1) is 11.5 Å². The average molecular weight is 424 g/mol. The smallest absolute Gasteiger partial charge is 0.258 e. The molecule has 1 atom stereocenters. The maximum atomic E-state index is 12.9. The van der Waals surface area contributed by atoms with E-state index in [1.165, 1.54) is 0 Å². The minimum absolute atomic E-state index is 0.104. The number of carbonyl (C=O) groups excluding carboxylic acids is 3. The van der Waals surface area contributed by atoms with Crippen LogP contribution in [0.15, 0.2) is 35.1 Å². The summed E-state index contributed by atoms with van der Waals surface area (Å²) < 4.78 is 0. The summed E-state index contributed by atoms with van der Waals surface area (Å²) in [5.74, 6) is -1.81. The van der Waals surface area contributed by atoms with Crippen molar-refractivity contribution in [2.24, 2.45) is 11.7 Å². The maximum absolute atomic E-state index is 12.9. The Balaban J connectivity index is 1.54. The first-order chi connectivity index (χ1) is 14.9. The van der Waals surface area contributed by atoms with E-state index in [1.807, 2.05) is 35.2 Å². The van der Waals surface area contributed by atoms with Crippen LogP contribution in [0.4, 0.5) is 11.8 Å². The van der Waals surface area contributed by atoms with Crippen molar-refractivity contribution < 1.29 is 14.4 Å². The Bertz CT molecular complexity index is 1060. The molecule has 2 aliphatic rings. The number of nitrogens with one attached hydrogen (secondary N) is 3. The summed E-state index contributed by atoms with van der Waals surface area (Å²) in [6.45, 7) is 1.31. The fraction of sp³-hybridized carbons (Fsp3) is 0.381. The third kappa shape index (κ3) is 4.42. The summed E-state index contributed by atoms with van der Waals surface area (Å²) in [7, 11) is 0. The first-order valence-electron chi connectivity index (χ1n) is 10.2. The van der Waals surface area contributed by atoms with E-state index in [2.05, 4.69) is 20.6 Å². The molecule has 0 bridgehead atoms. The van der Waals surface area contributed by atoms with Crippen molar-refractivity contribution in [1.29, 1.82) is 0 Å². The van der Waals surface area contributed by atoms with Gasteiger partial charge < -0.3 is 21.3 Å². The number of hydrogen-bond acceptors (Lipinski definition) is 6. The minimum Gasteiger partial charge on any atom is -0.369 e. The lowest BCUT2D eigenvalue weighted by atomic mass is 9.92. The van der Waals surface area contributed by atoms with Crippen molar-refractivity contribution in [2.45, 2.75) is 31.7 Å². The molecule has 162 valence electrons. The van der Waals surface area contributed by atoms with Gasteiger partial charge in [-0.15, -0.1) is 0 Å². The van der Waals surface area contributed by atoms with E-state index in [4.69, 9.17) is 5.73 Å². The number of nitrogens with two attached hydrogens (primary N) is 1. The Morgan fingerprint density at radius 1 is 1.16 bits per heavy atom. The number of fused-ring (bicyclic) bond motifs is 1. The van der Waals surface area contributed by atoms with Crippen molar-refractivity contribution in [3.05, 3.63) is 51.8 Å². The molecule has 1 aromatic carbocycles. The standard InChI is InChI=1S/C21H24N6O4/c22-17(29)13-6-8-27(9-7-13)21-25-18-16(20(31)26-21)14(10-15(28)24-18)19(30)23-11-12-4-2-1-3-5-12/h1-5,13-14H,6-11H2,(H2,22,29)(H,23,30)(H2,24,25,26,28,31)/t14-/m0/s1. The fourth-order valence-corrected chi connectivity index (χ4v) is 4.02. The number of benzene rings is 1. The lowest BCUT2D eigenvalue weighted by Gasteiger charge is -2.32. The van der Waals surface area contributed by atoms with E-state index in [-0.39, 0.29) is 35.5 Å². The van der Waals surface area contributed by atoms with Gasteiger partial charge in [-0.25, -0.2) is 0 Å². The van der Waals surface area contributed by atoms with E-state index in [0.717, 1.165) is 5.56 Å². The molecule has 31 heavy (non-hydrogen) atoms. The summed E-state index contributed by atoms with van der Waals surface area (Å²) in [6, 6.07) is 9.38. The second kappa shape index (κ2) is 8.58. The van der Waals surface area contributed by atoms with Crippen molar-refractivity contribution in [2.75, 3.05) is 23.3 Å². The van der Waals surface area contributed by atoms with Crippen LogP contribution >= 0.6 is 0 Å². The van der Waals surface area contributed by atoms with Crippen LogP contribution in [0, 0.1) is 5.92 Å². The van der Waals surface area contributed by atoms with Crippen molar-refractivity contribution in [3.63, 3.8) is 0 Å². The van der Waals surface area contributed by atoms with Crippen LogP contribution in [0.2, 0.25) is 0 Å². The number of aromatic nitrogens is 2. The number of H-pyrrole nitrogens is 1. The van der Waals surface area contributed by atoms with E-state index in [1.54, 1.807) is 0 Å². The molecule has 10 heteroatoms. The summed E-state index contributed by atoms with van der Waals surface area (Å²) in [4.78, 5) is 58.2. The Morgan fingerprint density at radius 2 is 1.87 bits per heavy atom. The Morgan fingerprint density at radius 3 is 2.55 bits per heavy atom. The molecule has 4 rings (SSSR count). The number of amides is 3. The molecule has 0 aliphatic carbocycles. The summed E-state index contributed by atoms with van der Waals surface area (Å²) >= 11 is 0. The van der Waals surface area contributed by atoms with Crippen molar-refractivity contribution >= 4 is 29.5 Å². The molecule has 2 aromatic rings. The van der Waals surface area contributed by atoms with Gasteiger partial charge in [0.2, 0.25) is 23.7 Å². The highest BCUT2D eigenvalue weighted by Gasteiger charge is 2.35. The van der Waals surface area contributed by atoms with Crippen molar-refractivity contribution in [1.82, 2.24) is 15.3 Å². The molecule has 1 fully saturated rings. The Labute approximate surface area is 178 Å². The maximum Gasteiger partial charge on any atom is 0.258 e. The lowest BCUT2D eigenvalue weighted by Crippen LogP contribution is -2.42. The van der Waals surface area contributed by atoms with Gasteiger partial charge in [0.1, 0.15) is 5.82 Å². The van der Waals surface area contributed by atoms with Crippen molar-refractivity contribution in [3.8, 4) is 0 Å². The Hall–Kier alpha value is -3.69. The molecule has 0 radical (unpaired) electrons. The second-order valence-corrected chi connectivity index (χ2v) is 7.82. The normalized spacial score (nSPS) is 18.8. The van der Waals surface area contributed by atoms with E-state index < -0.39 is 17.4 Å². The highest BCUT2D eigenvalue weighted by atomic mass is 16.2. The second-order valence-electron chi connectivity index (χ2n) is 7.82. The largest absolute Gasteiger partial charge is 0.369 e. The molecular formula is C21H24N6O4. The molecule has 2 aliphatic heterocycles. The van der Waals surface area contributed by atoms with Crippen LogP contribution in [0.25, 0.3) is 0 Å². The monoisotopic (exact) mass is 424 g/mol. The number of hydrogen-bond donors (Lipinski definition) is 4. The SMILES string of the molecule is NC(=O)C1CCN(c2nc3c(c(=O)[nH]2)[C@@H](C(=O)NCc2ccccc2)CC(=O)N3)CC1. The van der Waals surface area contributed by atoms with Gasteiger partial charge in [-0.05, 0) is 18.4 Å². The van der Waals surface area contributed by atoms with Crippen LogP contribution in [-0.2, 0) is 20.9 Å². The third-order valence-corrected chi connectivity index (χ3v) is 5.76. The predicted molar refractivity (Wildman–Crippen MR) is 113 cm³/mol. The molecule has 0 spiro atoms. The fourth-order valence-electron chi connectivity index (χ4n) is 4.02. The first kappa shape index (κ1) is 20.6. The van der Waals surface area contributed by atoms with Crippen LogP contribution in [-0.4, -0.2) is 40.8 Å². The zero-order valence-corrected chi connectivity index (χ0v) is 16.9. The van der Waals surface area contributed by atoms with E-state index in [9.17, 15) is 19.2 Å². The quantitative estimate of drug-likeness (QED) is 0.539. The van der Waals surface area contributed by atoms with Crippen LogP contribution in [0.1, 0.15) is 36.3 Å². The number of rotatable bonds is 5. The lowest BCUT2D eigenvalue weighted by molar-refractivity contribution is -0.126. The molecule has 5 N–H and O–H groups in total. The van der Waals surface area contributed by atoms with Gasteiger partial charge in [-0.2, -0.15) is 4.98 Å². The van der Waals surface area contributed by atoms with E-state index in [0.29, 0.717) is 38.4 Å². The number of carbonyl (C=O) groups is 3. The number of aromatic amines is 1. The molecule has 1 saturated heterocycles. The highest BCUT2D eigenvalue weighted by molar-refractivity contribution is 6.00. The average Bonchev–Trinajstić information content (AvgIpc) is 2.77. The number of anilines is 2. The minimum atomic E-state index is -0.918. The molecule has 0 unspecified atom stereocenters. The number of piperidine rings is 1. The Kier molecular flexibility index (Phi) is 5.70. The van der Waals surface area contributed by atoms with Gasteiger partial charge in [-0.3, -0.25) is 24.2 Å². The molecule has 0 saturated carbocycles. The predicted octanol–water partition coefficient (Wildman–Crippen LogP) is 0.214. The zero-order chi connectivity index (χ0) is 22.0. The summed E-state index contributed by atoms with van der Waals surface area (Å²) in [5, 5.41) is 5.41. The highest BCUT2D eigenvalue weighted by Crippen LogP contribution is 2.30. The number of nitrogens with zero attached hydrogens (tertiary/aromatic N) is 2. The third-order valence-electron chi connectivity index (χ3n) is 5.76.